The molecule has 0 fully saturated rings. The highest BCUT2D eigenvalue weighted by Crippen LogP contribution is 2.27. The van der Waals surface area contributed by atoms with Gasteiger partial charge in [0.15, 0.2) is 5.78 Å². The highest BCUT2D eigenvalue weighted by Gasteiger charge is 2.09. The molecule has 0 bridgehead atoms. The quantitative estimate of drug-likeness (QED) is 0.767. The number of ether oxygens (including phenoxy) is 2. The van der Waals surface area contributed by atoms with E-state index < -0.39 is 0 Å². The fourth-order valence-electron chi connectivity index (χ4n) is 1.83. The Labute approximate surface area is 126 Å². The standard InChI is InChI=1S/C16H15BrO3/c1-11(18)12-7-8-15(19-2)13(9-12)10-20-16-6-4-3-5-14(16)17/h3-9H,10H2,1-2H3. The summed E-state index contributed by atoms with van der Waals surface area (Å²) in [7, 11) is 1.60. The Balaban J connectivity index is 2.22. The van der Waals surface area contributed by atoms with Crippen LogP contribution in [0.5, 0.6) is 11.5 Å². The van der Waals surface area contributed by atoms with Gasteiger partial charge in [0.25, 0.3) is 0 Å². The second-order valence-electron chi connectivity index (χ2n) is 4.30. The zero-order valence-electron chi connectivity index (χ0n) is 11.4. The number of carbonyl (C=O) groups is 1. The average molecular weight is 335 g/mol. The predicted molar refractivity (Wildman–Crippen MR) is 81.5 cm³/mol. The van der Waals surface area contributed by atoms with E-state index in [1.54, 1.807) is 32.2 Å². The van der Waals surface area contributed by atoms with Crippen molar-refractivity contribution in [1.29, 1.82) is 0 Å². The number of hydrogen-bond donors (Lipinski definition) is 0. The molecule has 20 heavy (non-hydrogen) atoms. The van der Waals surface area contributed by atoms with Crippen molar-refractivity contribution in [2.75, 3.05) is 7.11 Å². The van der Waals surface area contributed by atoms with Gasteiger partial charge in [0.05, 0.1) is 11.6 Å². The molecule has 0 aliphatic carbocycles. The Morgan fingerprint density at radius 2 is 1.90 bits per heavy atom. The third-order valence-corrected chi connectivity index (χ3v) is 3.56. The lowest BCUT2D eigenvalue weighted by molar-refractivity contribution is 0.101. The number of halogens is 1. The van der Waals surface area contributed by atoms with Crippen molar-refractivity contribution in [3.63, 3.8) is 0 Å². The second kappa shape index (κ2) is 6.57. The molecule has 0 unspecified atom stereocenters. The van der Waals surface area contributed by atoms with Crippen molar-refractivity contribution < 1.29 is 14.3 Å². The minimum absolute atomic E-state index is 0.0230. The number of methoxy groups -OCH3 is 1. The number of rotatable bonds is 5. The average Bonchev–Trinajstić information content (AvgIpc) is 2.46. The molecule has 0 saturated carbocycles. The maximum Gasteiger partial charge on any atom is 0.159 e. The van der Waals surface area contributed by atoms with Crippen LogP contribution in [0.25, 0.3) is 0 Å². The molecule has 0 radical (unpaired) electrons. The molecule has 0 saturated heterocycles. The van der Waals surface area contributed by atoms with Gasteiger partial charge in [-0.05, 0) is 53.2 Å². The fourth-order valence-corrected chi connectivity index (χ4v) is 2.23. The van der Waals surface area contributed by atoms with Gasteiger partial charge in [-0.15, -0.1) is 0 Å². The Morgan fingerprint density at radius 1 is 1.15 bits per heavy atom. The van der Waals surface area contributed by atoms with Gasteiger partial charge in [0.1, 0.15) is 18.1 Å². The van der Waals surface area contributed by atoms with E-state index in [0.29, 0.717) is 17.9 Å². The second-order valence-corrected chi connectivity index (χ2v) is 5.16. The highest BCUT2D eigenvalue weighted by molar-refractivity contribution is 9.10. The Bertz CT molecular complexity index is 623. The van der Waals surface area contributed by atoms with Crippen LogP contribution in [0.3, 0.4) is 0 Å². The third-order valence-electron chi connectivity index (χ3n) is 2.91. The summed E-state index contributed by atoms with van der Waals surface area (Å²) in [5.74, 6) is 1.49. The lowest BCUT2D eigenvalue weighted by Gasteiger charge is -2.12. The van der Waals surface area contributed by atoms with E-state index in [-0.39, 0.29) is 5.78 Å². The number of carbonyl (C=O) groups excluding carboxylic acids is 1. The molecule has 0 aliphatic rings. The molecule has 104 valence electrons. The normalized spacial score (nSPS) is 10.2. The SMILES string of the molecule is COc1ccc(C(C)=O)cc1COc1ccccc1Br. The molecule has 0 N–H and O–H groups in total. The first-order valence-corrected chi connectivity index (χ1v) is 6.96. The van der Waals surface area contributed by atoms with Crippen molar-refractivity contribution in [1.82, 2.24) is 0 Å². The summed E-state index contributed by atoms with van der Waals surface area (Å²) in [5.41, 5.74) is 1.49. The Morgan fingerprint density at radius 3 is 2.55 bits per heavy atom. The topological polar surface area (TPSA) is 35.5 Å². The van der Waals surface area contributed by atoms with E-state index in [2.05, 4.69) is 15.9 Å². The van der Waals surface area contributed by atoms with E-state index in [1.807, 2.05) is 24.3 Å². The molecule has 0 atom stereocenters. The minimum Gasteiger partial charge on any atom is -0.496 e. The molecule has 0 spiro atoms. The number of Topliss-reactive ketones (excluding diaryl/α,β-unsaturated/α-hetero) is 1. The summed E-state index contributed by atoms with van der Waals surface area (Å²) in [6.45, 7) is 1.88. The Kier molecular flexibility index (Phi) is 4.79. The smallest absolute Gasteiger partial charge is 0.159 e. The van der Waals surface area contributed by atoms with Crippen LogP contribution in [0.2, 0.25) is 0 Å². The number of para-hydroxylation sites is 1. The van der Waals surface area contributed by atoms with E-state index in [0.717, 1.165) is 15.8 Å². The molecule has 0 aliphatic heterocycles. The van der Waals surface area contributed by atoms with E-state index in [1.165, 1.54) is 0 Å². The Hall–Kier alpha value is -1.81. The zero-order chi connectivity index (χ0) is 14.5. The summed E-state index contributed by atoms with van der Waals surface area (Å²) in [5, 5.41) is 0. The van der Waals surface area contributed by atoms with Crippen LogP contribution in [0.4, 0.5) is 0 Å². The predicted octanol–water partition coefficient (Wildman–Crippen LogP) is 4.24. The van der Waals surface area contributed by atoms with E-state index in [4.69, 9.17) is 9.47 Å². The van der Waals surface area contributed by atoms with Gasteiger partial charge in [0, 0.05) is 11.1 Å². The van der Waals surface area contributed by atoms with Crippen molar-refractivity contribution in [3.8, 4) is 11.5 Å². The summed E-state index contributed by atoms with van der Waals surface area (Å²) in [4.78, 5) is 11.4. The lowest BCUT2D eigenvalue weighted by Crippen LogP contribution is -2.02. The van der Waals surface area contributed by atoms with E-state index in [9.17, 15) is 4.79 Å². The molecule has 0 amide bonds. The van der Waals surface area contributed by atoms with Gasteiger partial charge in [-0.3, -0.25) is 4.79 Å². The van der Waals surface area contributed by atoms with Crippen LogP contribution in [0.15, 0.2) is 46.9 Å². The first kappa shape index (κ1) is 14.6. The summed E-state index contributed by atoms with van der Waals surface area (Å²) in [6, 6.07) is 13.0. The van der Waals surface area contributed by atoms with Gasteiger partial charge in [-0.1, -0.05) is 12.1 Å². The van der Waals surface area contributed by atoms with Crippen LogP contribution in [0, 0.1) is 0 Å². The number of ketones is 1. The molecule has 0 aromatic heterocycles. The molecular weight excluding hydrogens is 320 g/mol. The maximum absolute atomic E-state index is 11.4. The van der Waals surface area contributed by atoms with Gasteiger partial charge in [-0.25, -0.2) is 0 Å². The number of benzene rings is 2. The first-order chi connectivity index (χ1) is 9.61. The molecule has 2 aromatic carbocycles. The third kappa shape index (κ3) is 3.39. The van der Waals surface area contributed by atoms with Crippen molar-refractivity contribution in [3.05, 3.63) is 58.1 Å². The molecule has 4 heteroatoms. The number of hydrogen-bond acceptors (Lipinski definition) is 3. The zero-order valence-corrected chi connectivity index (χ0v) is 12.9. The van der Waals surface area contributed by atoms with Crippen LogP contribution in [-0.4, -0.2) is 12.9 Å². The minimum atomic E-state index is 0.0230. The van der Waals surface area contributed by atoms with Gasteiger partial charge in [0.2, 0.25) is 0 Å². The van der Waals surface area contributed by atoms with Crippen LogP contribution < -0.4 is 9.47 Å². The van der Waals surface area contributed by atoms with Crippen molar-refractivity contribution in [2.24, 2.45) is 0 Å². The largest absolute Gasteiger partial charge is 0.496 e. The first-order valence-electron chi connectivity index (χ1n) is 6.17. The maximum atomic E-state index is 11.4. The summed E-state index contributed by atoms with van der Waals surface area (Å²) >= 11 is 3.43. The lowest BCUT2D eigenvalue weighted by atomic mass is 10.1. The van der Waals surface area contributed by atoms with Gasteiger partial charge >= 0.3 is 0 Å². The molecule has 3 nitrogen and oxygen atoms in total. The molecular formula is C16H15BrO3. The van der Waals surface area contributed by atoms with E-state index >= 15 is 0 Å². The van der Waals surface area contributed by atoms with Crippen molar-refractivity contribution in [2.45, 2.75) is 13.5 Å². The summed E-state index contributed by atoms with van der Waals surface area (Å²) < 4.78 is 11.9. The van der Waals surface area contributed by atoms with Crippen LogP contribution in [0.1, 0.15) is 22.8 Å². The van der Waals surface area contributed by atoms with Crippen LogP contribution >= 0.6 is 15.9 Å². The monoisotopic (exact) mass is 334 g/mol. The van der Waals surface area contributed by atoms with Crippen LogP contribution in [-0.2, 0) is 6.61 Å². The summed E-state index contributed by atoms with van der Waals surface area (Å²) in [6.07, 6.45) is 0. The highest BCUT2D eigenvalue weighted by atomic mass is 79.9. The van der Waals surface area contributed by atoms with Crippen molar-refractivity contribution >= 4 is 21.7 Å². The molecule has 2 aromatic rings. The van der Waals surface area contributed by atoms with Gasteiger partial charge < -0.3 is 9.47 Å². The van der Waals surface area contributed by atoms with Gasteiger partial charge in [-0.2, -0.15) is 0 Å². The molecule has 2 rings (SSSR count). The molecule has 0 heterocycles. The fraction of sp³-hybridized carbons (Fsp3) is 0.188.